The molecule has 1 fully saturated rings. The molecule has 90 valence electrons. The van der Waals surface area contributed by atoms with E-state index in [0.29, 0.717) is 12.0 Å². The summed E-state index contributed by atoms with van der Waals surface area (Å²) in [6, 6.07) is 0.718. The van der Waals surface area contributed by atoms with Gasteiger partial charge < -0.3 is 10.4 Å². The van der Waals surface area contributed by atoms with Gasteiger partial charge in [-0.1, -0.05) is 20.3 Å². The molecule has 0 amide bonds. The molecule has 0 aromatic heterocycles. The molecule has 1 rings (SSSR count). The lowest BCUT2D eigenvalue weighted by Gasteiger charge is -2.27. The van der Waals surface area contributed by atoms with E-state index < -0.39 is 0 Å². The second-order valence-corrected chi connectivity index (χ2v) is 6.30. The van der Waals surface area contributed by atoms with Gasteiger partial charge in [-0.15, -0.1) is 0 Å². The molecule has 0 heterocycles. The second-order valence-electron chi connectivity index (χ2n) is 5.08. The fourth-order valence-electron chi connectivity index (χ4n) is 2.28. The molecular formula is C12H25NOS. The Hall–Kier alpha value is 0.270. The first-order valence-electron chi connectivity index (χ1n) is 6.09. The highest BCUT2D eigenvalue weighted by atomic mass is 32.2. The highest BCUT2D eigenvalue weighted by molar-refractivity contribution is 7.99. The first-order chi connectivity index (χ1) is 7.17. The van der Waals surface area contributed by atoms with E-state index in [1.54, 1.807) is 0 Å². The summed E-state index contributed by atoms with van der Waals surface area (Å²) in [5.74, 6) is 2.26. The first-order valence-corrected chi connectivity index (χ1v) is 7.24. The Bertz CT molecular complexity index is 173. The van der Waals surface area contributed by atoms with Crippen LogP contribution in [0.3, 0.4) is 0 Å². The van der Waals surface area contributed by atoms with Gasteiger partial charge in [0, 0.05) is 24.9 Å². The first kappa shape index (κ1) is 13.3. The topological polar surface area (TPSA) is 32.3 Å². The Morgan fingerprint density at radius 1 is 1.40 bits per heavy atom. The molecule has 1 atom stereocenters. The van der Waals surface area contributed by atoms with Crippen LogP contribution >= 0.6 is 11.8 Å². The zero-order valence-corrected chi connectivity index (χ0v) is 10.9. The lowest BCUT2D eigenvalue weighted by molar-refractivity contribution is 0.288. The molecule has 1 aliphatic rings. The maximum Gasteiger partial charge on any atom is 0.0438 e. The standard InChI is InChI=1S/C12H25NOS/c1-12(2)6-3-5-11(12)13-7-10-15-9-4-8-14/h11,13-14H,3-10H2,1-2H3. The Morgan fingerprint density at radius 2 is 2.20 bits per heavy atom. The highest BCUT2D eigenvalue weighted by Gasteiger charge is 2.33. The van der Waals surface area contributed by atoms with Gasteiger partial charge in [0.15, 0.2) is 0 Å². The molecule has 2 nitrogen and oxygen atoms in total. The summed E-state index contributed by atoms with van der Waals surface area (Å²) >= 11 is 1.94. The van der Waals surface area contributed by atoms with Crippen LogP contribution in [0, 0.1) is 5.41 Å². The summed E-state index contributed by atoms with van der Waals surface area (Å²) < 4.78 is 0. The van der Waals surface area contributed by atoms with Gasteiger partial charge in [0.25, 0.3) is 0 Å². The largest absolute Gasteiger partial charge is 0.396 e. The average molecular weight is 231 g/mol. The van der Waals surface area contributed by atoms with Crippen LogP contribution in [0.25, 0.3) is 0 Å². The minimum absolute atomic E-state index is 0.329. The Kier molecular flexibility index (Phi) is 6.02. The lowest BCUT2D eigenvalue weighted by Crippen LogP contribution is -2.38. The van der Waals surface area contributed by atoms with Crippen molar-refractivity contribution in [1.82, 2.24) is 5.32 Å². The summed E-state index contributed by atoms with van der Waals surface area (Å²) in [6.07, 6.45) is 5.01. The third-order valence-electron chi connectivity index (χ3n) is 3.34. The van der Waals surface area contributed by atoms with Crippen molar-refractivity contribution in [2.75, 3.05) is 24.7 Å². The van der Waals surface area contributed by atoms with Crippen molar-refractivity contribution in [1.29, 1.82) is 0 Å². The molecule has 1 saturated carbocycles. The quantitative estimate of drug-likeness (QED) is 0.659. The summed E-state index contributed by atoms with van der Waals surface area (Å²) in [7, 11) is 0. The van der Waals surface area contributed by atoms with Gasteiger partial charge in [-0.3, -0.25) is 0 Å². The van der Waals surface area contributed by atoms with E-state index in [4.69, 9.17) is 5.11 Å². The summed E-state index contributed by atoms with van der Waals surface area (Å²) in [4.78, 5) is 0. The lowest BCUT2D eigenvalue weighted by atomic mass is 9.87. The third-order valence-corrected chi connectivity index (χ3v) is 4.41. The molecule has 0 spiro atoms. The van der Waals surface area contributed by atoms with Gasteiger partial charge >= 0.3 is 0 Å². The van der Waals surface area contributed by atoms with Crippen LogP contribution in [0.1, 0.15) is 39.5 Å². The van der Waals surface area contributed by atoms with Crippen molar-refractivity contribution in [2.45, 2.75) is 45.6 Å². The van der Waals surface area contributed by atoms with Crippen molar-refractivity contribution in [3.05, 3.63) is 0 Å². The molecule has 0 saturated heterocycles. The van der Waals surface area contributed by atoms with Gasteiger partial charge in [0.2, 0.25) is 0 Å². The normalized spacial score (nSPS) is 24.6. The van der Waals surface area contributed by atoms with E-state index in [9.17, 15) is 0 Å². The van der Waals surface area contributed by atoms with Crippen LogP contribution in [-0.4, -0.2) is 35.8 Å². The molecule has 15 heavy (non-hydrogen) atoms. The van der Waals surface area contributed by atoms with Gasteiger partial charge in [-0.05, 0) is 30.4 Å². The van der Waals surface area contributed by atoms with E-state index in [1.807, 2.05) is 11.8 Å². The summed E-state index contributed by atoms with van der Waals surface area (Å²) in [5.41, 5.74) is 0.496. The Labute approximate surface area is 98.2 Å². The van der Waals surface area contributed by atoms with Gasteiger partial charge in [-0.2, -0.15) is 11.8 Å². The smallest absolute Gasteiger partial charge is 0.0438 e. The molecule has 1 unspecified atom stereocenters. The van der Waals surface area contributed by atoms with Crippen LogP contribution in [0.5, 0.6) is 0 Å². The van der Waals surface area contributed by atoms with Crippen LogP contribution < -0.4 is 5.32 Å². The fourth-order valence-corrected chi connectivity index (χ4v) is 3.08. The summed E-state index contributed by atoms with van der Waals surface area (Å²) in [6.45, 7) is 6.19. The minimum Gasteiger partial charge on any atom is -0.396 e. The van der Waals surface area contributed by atoms with E-state index in [2.05, 4.69) is 19.2 Å². The predicted octanol–water partition coefficient (Wildman–Crippen LogP) is 2.27. The number of aliphatic hydroxyl groups excluding tert-OH is 1. The SMILES string of the molecule is CC1(C)CCCC1NCCSCCCO. The Morgan fingerprint density at radius 3 is 2.80 bits per heavy atom. The van der Waals surface area contributed by atoms with Gasteiger partial charge in [0.1, 0.15) is 0 Å². The van der Waals surface area contributed by atoms with Crippen LogP contribution in [0.4, 0.5) is 0 Å². The zero-order valence-electron chi connectivity index (χ0n) is 10.1. The number of hydrogen-bond acceptors (Lipinski definition) is 3. The maximum absolute atomic E-state index is 8.64. The fraction of sp³-hybridized carbons (Fsp3) is 1.00. The highest BCUT2D eigenvalue weighted by Crippen LogP contribution is 2.36. The number of aliphatic hydroxyl groups is 1. The average Bonchev–Trinajstić information content (AvgIpc) is 2.52. The Balaban J connectivity index is 2.00. The molecule has 0 aromatic rings. The molecule has 0 aliphatic heterocycles. The van der Waals surface area contributed by atoms with Crippen LogP contribution in [-0.2, 0) is 0 Å². The van der Waals surface area contributed by atoms with Gasteiger partial charge in [-0.25, -0.2) is 0 Å². The number of nitrogens with one attached hydrogen (secondary N) is 1. The molecule has 0 aromatic carbocycles. The van der Waals surface area contributed by atoms with E-state index in [1.165, 1.54) is 25.0 Å². The van der Waals surface area contributed by atoms with Crippen molar-refractivity contribution in [3.8, 4) is 0 Å². The molecule has 3 heteroatoms. The number of hydrogen-bond donors (Lipinski definition) is 2. The van der Waals surface area contributed by atoms with Crippen molar-refractivity contribution in [3.63, 3.8) is 0 Å². The molecule has 0 bridgehead atoms. The molecule has 2 N–H and O–H groups in total. The minimum atomic E-state index is 0.329. The van der Waals surface area contributed by atoms with Crippen molar-refractivity contribution >= 4 is 11.8 Å². The monoisotopic (exact) mass is 231 g/mol. The molecule has 0 radical (unpaired) electrons. The zero-order chi connectivity index (χ0) is 11.1. The third kappa shape index (κ3) is 4.75. The molecule has 1 aliphatic carbocycles. The van der Waals surface area contributed by atoms with Crippen molar-refractivity contribution in [2.24, 2.45) is 5.41 Å². The van der Waals surface area contributed by atoms with E-state index in [0.717, 1.165) is 24.8 Å². The summed E-state index contributed by atoms with van der Waals surface area (Å²) in [5, 5.41) is 12.3. The van der Waals surface area contributed by atoms with Crippen molar-refractivity contribution < 1.29 is 5.11 Å². The predicted molar refractivity (Wildman–Crippen MR) is 68.5 cm³/mol. The second kappa shape index (κ2) is 6.77. The van der Waals surface area contributed by atoms with E-state index >= 15 is 0 Å². The molecular weight excluding hydrogens is 206 g/mol. The number of thioether (sulfide) groups is 1. The van der Waals surface area contributed by atoms with Crippen LogP contribution in [0.15, 0.2) is 0 Å². The maximum atomic E-state index is 8.64. The van der Waals surface area contributed by atoms with E-state index in [-0.39, 0.29) is 0 Å². The van der Waals surface area contributed by atoms with Gasteiger partial charge in [0.05, 0.1) is 0 Å². The van der Waals surface area contributed by atoms with Crippen LogP contribution in [0.2, 0.25) is 0 Å². The number of rotatable bonds is 7.